The summed E-state index contributed by atoms with van der Waals surface area (Å²) < 4.78 is 2.13. The summed E-state index contributed by atoms with van der Waals surface area (Å²) in [6.07, 6.45) is 0. The normalized spacial score (nSPS) is 11.5. The van der Waals surface area contributed by atoms with Crippen LogP contribution in [0, 0.1) is 0 Å². The molecule has 1 aromatic carbocycles. The Labute approximate surface area is 79.1 Å². The van der Waals surface area contributed by atoms with Crippen LogP contribution >= 0.6 is 16.6 Å². The molecule has 1 rings (SSSR count). The van der Waals surface area contributed by atoms with Gasteiger partial charge in [0, 0.05) is 0 Å². The van der Waals surface area contributed by atoms with Crippen LogP contribution in [-0.4, -0.2) is 18.7 Å². The third-order valence-corrected chi connectivity index (χ3v) is 18.2. The maximum atomic E-state index is 6.23. The van der Waals surface area contributed by atoms with Crippen molar-refractivity contribution in [1.82, 2.24) is 0 Å². The van der Waals surface area contributed by atoms with Crippen LogP contribution in [0.2, 0.25) is 3.98 Å². The Morgan fingerprint density at radius 2 is 1.73 bits per heavy atom. The SMILES string of the molecule is C[CH2][Pb]([Cl])([Cl])[c]1ccccc1. The Bertz CT molecular complexity index is 221. The fourth-order valence-electron chi connectivity index (χ4n) is 0.886. The molecule has 60 valence electrons. The predicted molar refractivity (Wildman–Crippen MR) is 54.0 cm³/mol. The van der Waals surface area contributed by atoms with E-state index in [9.17, 15) is 0 Å². The second kappa shape index (κ2) is 4.10. The molecule has 0 heterocycles. The molecule has 0 aromatic heterocycles. The summed E-state index contributed by atoms with van der Waals surface area (Å²) in [7, 11) is 12.5. The molecule has 3 heteroatoms. The van der Waals surface area contributed by atoms with Crippen molar-refractivity contribution < 1.29 is 0 Å². The molecule has 0 spiro atoms. The van der Waals surface area contributed by atoms with Gasteiger partial charge in [-0.1, -0.05) is 0 Å². The Kier molecular flexibility index (Phi) is 3.66. The first-order valence-electron chi connectivity index (χ1n) is 3.60. The van der Waals surface area contributed by atoms with Crippen LogP contribution in [0.1, 0.15) is 6.92 Å². The van der Waals surface area contributed by atoms with Gasteiger partial charge in [-0.25, -0.2) is 0 Å². The quantitative estimate of drug-likeness (QED) is 0.688. The number of halogens is 2. The van der Waals surface area contributed by atoms with Crippen molar-refractivity contribution in [3.8, 4) is 0 Å². The molecule has 0 saturated carbocycles. The van der Waals surface area contributed by atoms with Crippen molar-refractivity contribution in [1.29, 1.82) is 0 Å². The number of hydrogen-bond donors (Lipinski definition) is 0. The van der Waals surface area contributed by atoms with Crippen LogP contribution in [0.4, 0.5) is 0 Å². The molecule has 0 aliphatic heterocycles. The summed E-state index contributed by atoms with van der Waals surface area (Å²) in [5, 5.41) is 0. The van der Waals surface area contributed by atoms with Crippen LogP contribution < -0.4 is 3.12 Å². The van der Waals surface area contributed by atoms with Crippen LogP contribution in [0.25, 0.3) is 0 Å². The summed E-state index contributed by atoms with van der Waals surface area (Å²) in [5.74, 6) is 0. The van der Waals surface area contributed by atoms with Crippen molar-refractivity contribution in [2.45, 2.75) is 10.9 Å². The first kappa shape index (κ1) is 9.81. The molecule has 0 nitrogen and oxygen atoms in total. The van der Waals surface area contributed by atoms with Gasteiger partial charge in [0.25, 0.3) is 0 Å². The summed E-state index contributed by atoms with van der Waals surface area (Å²) >= 11 is -2.94. The average Bonchev–Trinajstić information content (AvgIpc) is 2.06. The second-order valence-corrected chi connectivity index (χ2v) is 25.9. The summed E-state index contributed by atoms with van der Waals surface area (Å²) in [6, 6.07) is 10.0. The predicted octanol–water partition coefficient (Wildman–Crippen LogP) is 2.83. The molecule has 0 N–H and O–H groups in total. The van der Waals surface area contributed by atoms with Crippen LogP contribution in [-0.2, 0) is 0 Å². The molecule has 0 aliphatic carbocycles. The summed E-state index contributed by atoms with van der Waals surface area (Å²) in [4.78, 5) is 0. The number of hydrogen-bond acceptors (Lipinski definition) is 0. The molecule has 0 aliphatic rings. The Morgan fingerprint density at radius 1 is 1.18 bits per heavy atom. The van der Waals surface area contributed by atoms with E-state index < -0.39 is 18.7 Å². The monoisotopic (exact) mass is 384 g/mol. The first-order chi connectivity index (χ1) is 5.17. The van der Waals surface area contributed by atoms with Gasteiger partial charge in [-0.2, -0.15) is 0 Å². The zero-order valence-corrected chi connectivity index (χ0v) is 11.7. The Balaban J connectivity index is 2.93. The van der Waals surface area contributed by atoms with Gasteiger partial charge in [-0.15, -0.1) is 0 Å². The van der Waals surface area contributed by atoms with Crippen molar-refractivity contribution >= 4 is 38.5 Å². The van der Waals surface area contributed by atoms with E-state index in [4.69, 9.17) is 16.6 Å². The van der Waals surface area contributed by atoms with Gasteiger partial charge < -0.3 is 0 Å². The van der Waals surface area contributed by atoms with Crippen molar-refractivity contribution in [3.63, 3.8) is 0 Å². The number of rotatable bonds is 2. The van der Waals surface area contributed by atoms with E-state index in [1.807, 2.05) is 30.3 Å². The van der Waals surface area contributed by atoms with Crippen molar-refractivity contribution in [3.05, 3.63) is 30.3 Å². The first-order valence-corrected chi connectivity index (χ1v) is 17.9. The summed E-state index contributed by atoms with van der Waals surface area (Å²) in [5.41, 5.74) is 0. The molecule has 1 aromatic rings. The van der Waals surface area contributed by atoms with Gasteiger partial charge in [-0.05, 0) is 0 Å². The van der Waals surface area contributed by atoms with E-state index in [2.05, 4.69) is 6.92 Å². The topological polar surface area (TPSA) is 0 Å². The van der Waals surface area contributed by atoms with E-state index >= 15 is 0 Å². The average molecular weight is 384 g/mol. The van der Waals surface area contributed by atoms with Gasteiger partial charge in [0.15, 0.2) is 0 Å². The standard InChI is InChI=1S/C6H5.C2H5.2ClH.Pb/c1-2-4-6-5-3-1;1-2;;;/h1-5H;1H2,2H3;2*1H;/q;;;;+2/p-2. The van der Waals surface area contributed by atoms with E-state index in [1.165, 1.54) is 3.12 Å². The fraction of sp³-hybridized carbons (Fsp3) is 0.250. The molecule has 0 amide bonds. The van der Waals surface area contributed by atoms with Gasteiger partial charge in [0.2, 0.25) is 0 Å². The third-order valence-electron chi connectivity index (χ3n) is 1.64. The van der Waals surface area contributed by atoms with Crippen molar-refractivity contribution in [2.24, 2.45) is 0 Å². The zero-order chi connectivity index (χ0) is 8.32. The molecule has 0 unspecified atom stereocenters. The number of benzene rings is 1. The van der Waals surface area contributed by atoms with Crippen molar-refractivity contribution in [2.75, 3.05) is 0 Å². The molecule has 0 atom stereocenters. The van der Waals surface area contributed by atoms with E-state index in [1.54, 1.807) is 0 Å². The van der Waals surface area contributed by atoms with E-state index in [0.717, 1.165) is 3.98 Å². The maximum absolute atomic E-state index is 6.23. The third kappa shape index (κ3) is 2.60. The van der Waals surface area contributed by atoms with Crippen LogP contribution in [0.3, 0.4) is 0 Å². The molecular weight excluding hydrogens is 374 g/mol. The molecular formula is C8H10Cl2Pb. The van der Waals surface area contributed by atoms with E-state index in [-0.39, 0.29) is 0 Å². The molecule has 0 radical (unpaired) electrons. The van der Waals surface area contributed by atoms with Gasteiger partial charge >= 0.3 is 79.7 Å². The molecule has 0 fully saturated rings. The zero-order valence-electron chi connectivity index (χ0n) is 6.35. The minimum atomic E-state index is -2.94. The minimum absolute atomic E-state index is 0.945. The van der Waals surface area contributed by atoms with Gasteiger partial charge in [0.05, 0.1) is 0 Å². The van der Waals surface area contributed by atoms with Gasteiger partial charge in [0.1, 0.15) is 0 Å². The Morgan fingerprint density at radius 3 is 2.18 bits per heavy atom. The second-order valence-electron chi connectivity index (χ2n) is 2.42. The molecule has 0 saturated heterocycles. The van der Waals surface area contributed by atoms with E-state index in [0.29, 0.717) is 0 Å². The van der Waals surface area contributed by atoms with Crippen LogP contribution in [0.5, 0.6) is 0 Å². The Hall–Kier alpha value is 0.722. The summed E-state index contributed by atoms with van der Waals surface area (Å²) in [6.45, 7) is 2.06. The molecule has 11 heavy (non-hydrogen) atoms. The van der Waals surface area contributed by atoms with Crippen LogP contribution in [0.15, 0.2) is 30.3 Å². The fourth-order valence-corrected chi connectivity index (χ4v) is 7.33. The molecule has 0 bridgehead atoms. The van der Waals surface area contributed by atoms with Gasteiger partial charge in [-0.3, -0.25) is 0 Å².